The predicted octanol–water partition coefficient (Wildman–Crippen LogP) is 3.53. The van der Waals surface area contributed by atoms with Gasteiger partial charge >= 0.3 is 5.69 Å². The number of nitrogens with zero attached hydrogens (tertiary/aromatic N) is 1. The van der Waals surface area contributed by atoms with Crippen LogP contribution in [0.2, 0.25) is 0 Å². The van der Waals surface area contributed by atoms with E-state index in [0.717, 1.165) is 0 Å². The van der Waals surface area contributed by atoms with Crippen LogP contribution >= 0.6 is 0 Å². The number of amides is 2. The SMILES string of the molecule is CCC(=O)Nc1ccc(C)c(NC(=O)c2cc(OC)c(OC)c(OC)c2[N+](=O)[O-])c1. The summed E-state index contributed by atoms with van der Waals surface area (Å²) >= 11 is 0. The summed E-state index contributed by atoms with van der Waals surface area (Å²) < 4.78 is 15.5. The number of ether oxygens (including phenoxy) is 3. The fourth-order valence-corrected chi connectivity index (χ4v) is 2.77. The first-order valence-electron chi connectivity index (χ1n) is 8.96. The molecule has 0 atom stereocenters. The number of nitro benzene ring substituents is 1. The molecule has 0 fully saturated rings. The molecular weight excluding hydrogens is 394 g/mol. The van der Waals surface area contributed by atoms with E-state index in [4.69, 9.17) is 14.2 Å². The molecule has 0 aliphatic heterocycles. The average molecular weight is 417 g/mol. The maximum absolute atomic E-state index is 13.0. The molecule has 2 N–H and O–H groups in total. The molecule has 0 radical (unpaired) electrons. The first-order valence-corrected chi connectivity index (χ1v) is 8.96. The van der Waals surface area contributed by atoms with Crippen molar-refractivity contribution < 1.29 is 28.7 Å². The molecule has 10 heteroatoms. The van der Waals surface area contributed by atoms with Crippen LogP contribution in [0.15, 0.2) is 24.3 Å². The Balaban J connectivity index is 2.52. The number of hydrogen-bond acceptors (Lipinski definition) is 7. The largest absolute Gasteiger partial charge is 0.493 e. The quantitative estimate of drug-likeness (QED) is 0.496. The van der Waals surface area contributed by atoms with Gasteiger partial charge in [0.15, 0.2) is 5.75 Å². The van der Waals surface area contributed by atoms with Crippen LogP contribution in [0.25, 0.3) is 0 Å². The highest BCUT2D eigenvalue weighted by Crippen LogP contribution is 2.46. The van der Waals surface area contributed by atoms with Gasteiger partial charge in [0.2, 0.25) is 17.4 Å². The number of carbonyl (C=O) groups is 2. The number of anilines is 2. The molecule has 0 bridgehead atoms. The van der Waals surface area contributed by atoms with Crippen LogP contribution in [0, 0.1) is 17.0 Å². The summed E-state index contributed by atoms with van der Waals surface area (Å²) in [7, 11) is 3.88. The Morgan fingerprint density at radius 3 is 2.23 bits per heavy atom. The minimum Gasteiger partial charge on any atom is -0.493 e. The lowest BCUT2D eigenvalue weighted by Gasteiger charge is -2.16. The lowest BCUT2D eigenvalue weighted by atomic mass is 10.1. The standard InChI is InChI=1S/C20H23N3O7/c1-6-16(24)21-12-8-7-11(2)14(9-12)22-20(25)13-10-15(28-3)18(29-4)19(30-5)17(13)23(26)27/h7-10H,6H2,1-5H3,(H,21,24)(H,22,25). The second-order valence-corrected chi connectivity index (χ2v) is 6.18. The molecular formula is C20H23N3O7. The van der Waals surface area contributed by atoms with Crippen molar-refractivity contribution in [2.24, 2.45) is 0 Å². The molecule has 0 spiro atoms. The van der Waals surface area contributed by atoms with Gasteiger partial charge in [0.1, 0.15) is 5.56 Å². The molecule has 160 valence electrons. The zero-order valence-corrected chi connectivity index (χ0v) is 17.3. The van der Waals surface area contributed by atoms with Crippen LogP contribution in [-0.2, 0) is 4.79 Å². The van der Waals surface area contributed by atoms with Crippen molar-refractivity contribution in [2.45, 2.75) is 20.3 Å². The van der Waals surface area contributed by atoms with Gasteiger partial charge in [-0.1, -0.05) is 13.0 Å². The van der Waals surface area contributed by atoms with Gasteiger partial charge in [0, 0.05) is 23.9 Å². The molecule has 10 nitrogen and oxygen atoms in total. The third-order valence-corrected chi connectivity index (χ3v) is 4.32. The minimum absolute atomic E-state index is 0.00343. The van der Waals surface area contributed by atoms with Gasteiger partial charge in [0.05, 0.1) is 26.3 Å². The van der Waals surface area contributed by atoms with E-state index in [0.29, 0.717) is 23.4 Å². The van der Waals surface area contributed by atoms with Gasteiger partial charge in [-0.05, 0) is 24.6 Å². The fraction of sp³-hybridized carbons (Fsp3) is 0.300. The maximum atomic E-state index is 13.0. The lowest BCUT2D eigenvalue weighted by molar-refractivity contribution is -0.386. The second-order valence-electron chi connectivity index (χ2n) is 6.18. The third-order valence-electron chi connectivity index (χ3n) is 4.32. The molecule has 0 aromatic heterocycles. The smallest absolute Gasteiger partial charge is 0.327 e. The van der Waals surface area contributed by atoms with E-state index in [2.05, 4.69) is 10.6 Å². The summed E-state index contributed by atoms with van der Waals surface area (Å²) in [5, 5.41) is 17.0. The average Bonchev–Trinajstić information content (AvgIpc) is 2.73. The summed E-state index contributed by atoms with van der Waals surface area (Å²) in [6.45, 7) is 3.47. The van der Waals surface area contributed by atoms with Crippen LogP contribution in [0.1, 0.15) is 29.3 Å². The number of nitrogens with one attached hydrogen (secondary N) is 2. The first-order chi connectivity index (χ1) is 14.3. The molecule has 0 aliphatic rings. The summed E-state index contributed by atoms with van der Waals surface area (Å²) in [5.41, 5.74) is 0.754. The van der Waals surface area contributed by atoms with Crippen LogP contribution in [-0.4, -0.2) is 38.1 Å². The van der Waals surface area contributed by atoms with Crippen LogP contribution in [0.4, 0.5) is 17.1 Å². The molecule has 2 amide bonds. The van der Waals surface area contributed by atoms with Gasteiger partial charge in [0.25, 0.3) is 5.91 Å². The van der Waals surface area contributed by atoms with E-state index in [1.165, 1.54) is 27.4 Å². The van der Waals surface area contributed by atoms with E-state index in [9.17, 15) is 19.7 Å². The molecule has 0 heterocycles. The maximum Gasteiger partial charge on any atom is 0.327 e. The van der Waals surface area contributed by atoms with Gasteiger partial charge in [-0.2, -0.15) is 0 Å². The van der Waals surface area contributed by atoms with Crippen molar-refractivity contribution in [1.82, 2.24) is 0 Å². The Labute approximate surface area is 173 Å². The van der Waals surface area contributed by atoms with Crippen molar-refractivity contribution in [3.05, 3.63) is 45.5 Å². The number of methoxy groups -OCH3 is 3. The third kappa shape index (κ3) is 4.59. The van der Waals surface area contributed by atoms with E-state index < -0.39 is 16.5 Å². The van der Waals surface area contributed by atoms with E-state index in [1.54, 1.807) is 32.0 Å². The van der Waals surface area contributed by atoms with Gasteiger partial charge in [-0.15, -0.1) is 0 Å². The fourth-order valence-electron chi connectivity index (χ4n) is 2.77. The zero-order valence-electron chi connectivity index (χ0n) is 17.3. The Kier molecular flexibility index (Phi) is 7.18. The second kappa shape index (κ2) is 9.59. The van der Waals surface area contributed by atoms with Crippen LogP contribution in [0.5, 0.6) is 17.2 Å². The van der Waals surface area contributed by atoms with Crippen molar-refractivity contribution >= 4 is 28.9 Å². The molecule has 2 rings (SSSR count). The highest BCUT2D eigenvalue weighted by Gasteiger charge is 2.32. The summed E-state index contributed by atoms with van der Waals surface area (Å²) in [5.74, 6) is -1.05. The minimum atomic E-state index is -0.747. The highest BCUT2D eigenvalue weighted by atomic mass is 16.6. The van der Waals surface area contributed by atoms with Crippen molar-refractivity contribution in [1.29, 1.82) is 0 Å². The molecule has 0 saturated carbocycles. The first kappa shape index (κ1) is 22.5. The molecule has 2 aromatic rings. The Bertz CT molecular complexity index is 989. The summed E-state index contributed by atoms with van der Waals surface area (Å²) in [4.78, 5) is 35.6. The molecule has 0 aliphatic carbocycles. The highest BCUT2D eigenvalue weighted by molar-refractivity contribution is 6.09. The zero-order chi connectivity index (χ0) is 22.4. The number of carbonyl (C=O) groups excluding carboxylic acids is 2. The van der Waals surface area contributed by atoms with Gasteiger partial charge in [-0.3, -0.25) is 19.7 Å². The number of rotatable bonds is 8. The molecule has 30 heavy (non-hydrogen) atoms. The summed E-state index contributed by atoms with van der Waals surface area (Å²) in [6, 6.07) is 6.20. The topological polar surface area (TPSA) is 129 Å². The Hall–Kier alpha value is -3.82. The van der Waals surface area contributed by atoms with Gasteiger partial charge in [-0.25, -0.2) is 0 Å². The monoisotopic (exact) mass is 417 g/mol. The van der Waals surface area contributed by atoms with E-state index >= 15 is 0 Å². The van der Waals surface area contributed by atoms with E-state index in [-0.39, 0.29) is 28.7 Å². The van der Waals surface area contributed by atoms with Crippen molar-refractivity contribution in [2.75, 3.05) is 32.0 Å². The summed E-state index contributed by atoms with van der Waals surface area (Å²) in [6.07, 6.45) is 0.299. The number of nitro groups is 1. The van der Waals surface area contributed by atoms with Crippen molar-refractivity contribution in [3.63, 3.8) is 0 Å². The van der Waals surface area contributed by atoms with Gasteiger partial charge < -0.3 is 24.8 Å². The molecule has 0 unspecified atom stereocenters. The number of aryl methyl sites for hydroxylation is 1. The lowest BCUT2D eigenvalue weighted by Crippen LogP contribution is -2.16. The number of benzene rings is 2. The van der Waals surface area contributed by atoms with Crippen LogP contribution in [0.3, 0.4) is 0 Å². The Morgan fingerprint density at radius 1 is 1.03 bits per heavy atom. The van der Waals surface area contributed by atoms with Crippen molar-refractivity contribution in [3.8, 4) is 17.2 Å². The normalized spacial score (nSPS) is 10.2. The number of hydrogen-bond donors (Lipinski definition) is 2. The van der Waals surface area contributed by atoms with Crippen LogP contribution < -0.4 is 24.8 Å². The molecule has 0 saturated heterocycles. The molecule has 2 aromatic carbocycles. The van der Waals surface area contributed by atoms with E-state index in [1.807, 2.05) is 0 Å². The predicted molar refractivity (Wildman–Crippen MR) is 111 cm³/mol. The Morgan fingerprint density at radius 2 is 1.70 bits per heavy atom.